The molecule has 0 aliphatic rings. The Morgan fingerprint density at radius 3 is 2.87 bits per heavy atom. The second kappa shape index (κ2) is 8.36. The number of urea groups is 1. The van der Waals surface area contributed by atoms with E-state index in [4.69, 9.17) is 9.15 Å². The number of aliphatic hydroxyl groups is 1. The van der Waals surface area contributed by atoms with E-state index in [1.807, 2.05) is 25.1 Å². The van der Waals surface area contributed by atoms with E-state index in [2.05, 4.69) is 10.6 Å². The van der Waals surface area contributed by atoms with Gasteiger partial charge < -0.3 is 24.9 Å². The van der Waals surface area contributed by atoms with Crippen molar-refractivity contribution in [2.24, 2.45) is 0 Å². The van der Waals surface area contributed by atoms with Crippen LogP contribution in [0.1, 0.15) is 30.8 Å². The molecule has 1 aromatic heterocycles. The number of hydrogen-bond acceptors (Lipinski definition) is 4. The normalized spacial score (nSPS) is 13.3. The van der Waals surface area contributed by atoms with Crippen LogP contribution in [0.2, 0.25) is 0 Å². The zero-order valence-electron chi connectivity index (χ0n) is 13.3. The minimum atomic E-state index is -0.745. The maximum Gasteiger partial charge on any atom is 0.319 e. The summed E-state index contributed by atoms with van der Waals surface area (Å²) in [6.07, 6.45) is 1.13. The molecule has 0 aliphatic heterocycles. The summed E-state index contributed by atoms with van der Waals surface area (Å²) in [6.45, 7) is 2.32. The molecule has 1 aromatic carbocycles. The van der Waals surface area contributed by atoms with Crippen molar-refractivity contribution in [3.63, 3.8) is 0 Å². The van der Waals surface area contributed by atoms with Gasteiger partial charge in [0.15, 0.2) is 0 Å². The Bertz CT molecular complexity index is 613. The second-order valence-corrected chi connectivity index (χ2v) is 5.40. The fourth-order valence-corrected chi connectivity index (χ4v) is 2.29. The molecule has 2 rings (SSSR count). The Kier molecular flexibility index (Phi) is 6.19. The number of amides is 2. The van der Waals surface area contributed by atoms with Crippen LogP contribution in [0.3, 0.4) is 0 Å². The fourth-order valence-electron chi connectivity index (χ4n) is 2.29. The number of hydrogen-bond donors (Lipinski definition) is 3. The maximum absolute atomic E-state index is 12.0. The zero-order chi connectivity index (χ0) is 16.7. The van der Waals surface area contributed by atoms with Gasteiger partial charge in [-0.2, -0.15) is 0 Å². The van der Waals surface area contributed by atoms with Gasteiger partial charge in [0, 0.05) is 25.3 Å². The van der Waals surface area contributed by atoms with Gasteiger partial charge in [0.05, 0.1) is 12.9 Å². The van der Waals surface area contributed by atoms with Crippen LogP contribution >= 0.6 is 0 Å². The number of methoxy groups -OCH3 is 1. The highest BCUT2D eigenvalue weighted by Crippen LogP contribution is 2.18. The van der Waals surface area contributed by atoms with E-state index in [-0.39, 0.29) is 12.1 Å². The number of furan rings is 1. The number of ether oxygens (including phenoxy) is 1. The first-order chi connectivity index (χ1) is 11.1. The lowest BCUT2D eigenvalue weighted by molar-refractivity contribution is 0.130. The number of aliphatic hydroxyl groups excluding tert-OH is 1. The number of carbonyl (C=O) groups is 1. The minimum Gasteiger partial charge on any atom is -0.467 e. The zero-order valence-corrected chi connectivity index (χ0v) is 13.3. The van der Waals surface area contributed by atoms with Crippen LogP contribution < -0.4 is 10.6 Å². The molecular formula is C17H22N2O4. The first-order valence-electron chi connectivity index (χ1n) is 7.45. The average molecular weight is 318 g/mol. The minimum absolute atomic E-state index is 0.211. The molecule has 2 aromatic rings. The van der Waals surface area contributed by atoms with Crippen molar-refractivity contribution < 1.29 is 19.1 Å². The molecule has 1 heterocycles. The highest BCUT2D eigenvalue weighted by atomic mass is 16.5. The van der Waals surface area contributed by atoms with Crippen LogP contribution in [0.15, 0.2) is 47.1 Å². The van der Waals surface area contributed by atoms with E-state index in [1.165, 1.54) is 6.26 Å². The van der Waals surface area contributed by atoms with Crippen molar-refractivity contribution in [3.8, 4) is 0 Å². The Morgan fingerprint density at radius 2 is 2.17 bits per heavy atom. The smallest absolute Gasteiger partial charge is 0.319 e. The topological polar surface area (TPSA) is 83.7 Å². The largest absolute Gasteiger partial charge is 0.467 e. The van der Waals surface area contributed by atoms with Crippen molar-refractivity contribution in [2.75, 3.05) is 12.4 Å². The molecule has 2 unspecified atom stereocenters. The molecule has 124 valence electrons. The lowest BCUT2D eigenvalue weighted by atomic mass is 10.1. The van der Waals surface area contributed by atoms with Gasteiger partial charge in [-0.15, -0.1) is 0 Å². The summed E-state index contributed by atoms with van der Waals surface area (Å²) in [5.41, 5.74) is 1.67. The first-order valence-corrected chi connectivity index (χ1v) is 7.45. The van der Waals surface area contributed by atoms with Gasteiger partial charge in [-0.3, -0.25) is 0 Å². The van der Waals surface area contributed by atoms with Crippen molar-refractivity contribution >= 4 is 11.7 Å². The molecule has 0 aliphatic carbocycles. The van der Waals surface area contributed by atoms with Crippen LogP contribution in [0.4, 0.5) is 10.5 Å². The Hall–Kier alpha value is -2.31. The summed E-state index contributed by atoms with van der Waals surface area (Å²) in [5, 5.41) is 15.6. The van der Waals surface area contributed by atoms with Gasteiger partial charge in [-0.25, -0.2) is 4.79 Å². The fraction of sp³-hybridized carbons (Fsp3) is 0.353. The summed E-state index contributed by atoms with van der Waals surface area (Å²) < 4.78 is 10.2. The lowest BCUT2D eigenvalue weighted by Gasteiger charge is -2.17. The predicted molar refractivity (Wildman–Crippen MR) is 87.1 cm³/mol. The molecular weight excluding hydrogens is 296 g/mol. The molecule has 23 heavy (non-hydrogen) atoms. The van der Waals surface area contributed by atoms with E-state index < -0.39 is 6.10 Å². The number of carbonyl (C=O) groups excluding carboxylic acids is 1. The highest BCUT2D eigenvalue weighted by molar-refractivity contribution is 5.89. The molecule has 6 nitrogen and oxygen atoms in total. The highest BCUT2D eigenvalue weighted by Gasteiger charge is 2.16. The third kappa shape index (κ3) is 5.43. The van der Waals surface area contributed by atoms with E-state index in [1.54, 1.807) is 25.3 Å². The van der Waals surface area contributed by atoms with Gasteiger partial charge in [-0.05, 0) is 36.8 Å². The third-order valence-electron chi connectivity index (χ3n) is 3.32. The number of nitrogens with one attached hydrogen (secondary N) is 2. The van der Waals surface area contributed by atoms with Gasteiger partial charge in [0.25, 0.3) is 0 Å². The van der Waals surface area contributed by atoms with Crippen LogP contribution in [0.5, 0.6) is 0 Å². The second-order valence-electron chi connectivity index (χ2n) is 5.40. The summed E-state index contributed by atoms with van der Waals surface area (Å²) >= 11 is 0. The van der Waals surface area contributed by atoms with E-state index in [9.17, 15) is 9.90 Å². The predicted octanol–water partition coefficient (Wildman–Crippen LogP) is 3.06. The molecule has 2 atom stereocenters. The van der Waals surface area contributed by atoms with Crippen LogP contribution in [0, 0.1) is 0 Å². The summed E-state index contributed by atoms with van der Waals surface area (Å²) in [4.78, 5) is 12.0. The van der Waals surface area contributed by atoms with Crippen molar-refractivity contribution in [2.45, 2.75) is 32.1 Å². The third-order valence-corrected chi connectivity index (χ3v) is 3.32. The number of anilines is 1. The van der Waals surface area contributed by atoms with Gasteiger partial charge in [0.2, 0.25) is 0 Å². The van der Waals surface area contributed by atoms with Crippen LogP contribution in [-0.2, 0) is 11.3 Å². The number of benzene rings is 1. The lowest BCUT2D eigenvalue weighted by Crippen LogP contribution is -2.37. The molecule has 0 radical (unpaired) electrons. The Labute approximate surface area is 135 Å². The summed E-state index contributed by atoms with van der Waals surface area (Å²) in [7, 11) is 1.62. The van der Waals surface area contributed by atoms with Crippen molar-refractivity contribution in [1.82, 2.24) is 5.32 Å². The Balaban J connectivity index is 1.83. The summed E-state index contributed by atoms with van der Waals surface area (Å²) in [5.74, 6) is 0.492. The maximum atomic E-state index is 12.0. The van der Waals surface area contributed by atoms with Crippen LogP contribution in [-0.4, -0.2) is 24.3 Å². The first kappa shape index (κ1) is 17.1. The van der Waals surface area contributed by atoms with E-state index >= 15 is 0 Å². The molecule has 0 saturated carbocycles. The SMILES string of the molecule is COCc1cccc(NC(=O)NC(C)CC(O)c2ccco2)c1. The quantitative estimate of drug-likeness (QED) is 0.732. The molecule has 0 fully saturated rings. The molecule has 0 bridgehead atoms. The molecule has 0 saturated heterocycles. The molecule has 6 heteroatoms. The van der Waals surface area contributed by atoms with E-state index in [0.29, 0.717) is 24.5 Å². The number of rotatable bonds is 7. The van der Waals surface area contributed by atoms with Crippen LogP contribution in [0.25, 0.3) is 0 Å². The van der Waals surface area contributed by atoms with Gasteiger partial charge >= 0.3 is 6.03 Å². The average Bonchev–Trinajstić information content (AvgIpc) is 3.01. The van der Waals surface area contributed by atoms with Gasteiger partial charge in [0.1, 0.15) is 11.9 Å². The standard InChI is InChI=1S/C17H22N2O4/c1-12(9-15(20)16-7-4-8-23-16)18-17(21)19-14-6-3-5-13(10-14)11-22-2/h3-8,10,12,15,20H,9,11H2,1-2H3,(H2,18,19,21). The molecule has 3 N–H and O–H groups in total. The molecule has 2 amide bonds. The van der Waals surface area contributed by atoms with Gasteiger partial charge in [-0.1, -0.05) is 12.1 Å². The van der Waals surface area contributed by atoms with E-state index in [0.717, 1.165) is 5.56 Å². The monoisotopic (exact) mass is 318 g/mol. The summed E-state index contributed by atoms with van der Waals surface area (Å²) in [6, 6.07) is 10.3. The van der Waals surface area contributed by atoms with Crippen molar-refractivity contribution in [1.29, 1.82) is 0 Å². The Morgan fingerprint density at radius 1 is 1.35 bits per heavy atom. The van der Waals surface area contributed by atoms with Crippen molar-refractivity contribution in [3.05, 3.63) is 54.0 Å². The molecule has 0 spiro atoms.